The lowest BCUT2D eigenvalue weighted by Gasteiger charge is -2.32. The first kappa shape index (κ1) is 16.0. The molecule has 1 aromatic heterocycles. The lowest BCUT2D eigenvalue weighted by molar-refractivity contribution is 0.00578. The van der Waals surface area contributed by atoms with Crippen molar-refractivity contribution in [1.82, 2.24) is 10.2 Å². The molecule has 1 N–H and O–H groups in total. The first-order valence-corrected chi connectivity index (χ1v) is 7.84. The van der Waals surface area contributed by atoms with Crippen molar-refractivity contribution in [3.05, 3.63) is 48.0 Å². The molecule has 1 aliphatic heterocycles. The van der Waals surface area contributed by atoms with Gasteiger partial charge >= 0.3 is 7.12 Å². The van der Waals surface area contributed by atoms with Crippen LogP contribution in [-0.2, 0) is 15.9 Å². The Morgan fingerprint density at radius 1 is 0.913 bits per heavy atom. The largest absolute Gasteiger partial charge is 0.516 e. The molecule has 120 valence electrons. The minimum Gasteiger partial charge on any atom is -0.398 e. The number of hydrogen-bond acceptors (Lipinski definition) is 5. The third-order valence-corrected chi connectivity index (χ3v) is 4.50. The van der Waals surface area contributed by atoms with E-state index >= 15 is 0 Å². The molecule has 0 spiro atoms. The second kappa shape index (κ2) is 5.94. The molecule has 1 aliphatic rings. The fourth-order valence-corrected chi connectivity index (χ4v) is 2.31. The molecule has 0 amide bonds. The van der Waals surface area contributed by atoms with Crippen LogP contribution in [0.2, 0.25) is 0 Å². The quantitative estimate of drug-likeness (QED) is 0.879. The standard InChI is InChI=1S/C17H22BN3O2/c1-16(2)17(3,4)23-18(22-16)14-10-11-15(21-20-14)19-12-13-8-6-5-7-9-13/h5-11H,12H2,1-4H3,(H,19,21). The van der Waals surface area contributed by atoms with Crippen molar-refractivity contribution in [3.63, 3.8) is 0 Å². The number of nitrogens with zero attached hydrogens (tertiary/aromatic N) is 2. The van der Waals surface area contributed by atoms with Crippen LogP contribution >= 0.6 is 0 Å². The Morgan fingerprint density at radius 3 is 2.13 bits per heavy atom. The van der Waals surface area contributed by atoms with Gasteiger partial charge in [-0.15, -0.1) is 5.10 Å². The summed E-state index contributed by atoms with van der Waals surface area (Å²) in [5.41, 5.74) is 1.14. The van der Waals surface area contributed by atoms with E-state index in [0.29, 0.717) is 12.1 Å². The van der Waals surface area contributed by atoms with Gasteiger partial charge in [0, 0.05) is 6.54 Å². The monoisotopic (exact) mass is 311 g/mol. The Bertz CT molecular complexity index is 643. The number of nitrogens with one attached hydrogen (secondary N) is 1. The lowest BCUT2D eigenvalue weighted by atomic mass is 9.85. The van der Waals surface area contributed by atoms with Crippen LogP contribution in [0.5, 0.6) is 0 Å². The number of rotatable bonds is 4. The molecule has 0 aliphatic carbocycles. The molecular formula is C17H22BN3O2. The molecule has 0 saturated carbocycles. The fraction of sp³-hybridized carbons (Fsp3) is 0.412. The summed E-state index contributed by atoms with van der Waals surface area (Å²) in [6.07, 6.45) is 0. The van der Waals surface area contributed by atoms with Crippen LogP contribution in [0, 0.1) is 0 Å². The highest BCUT2D eigenvalue weighted by Gasteiger charge is 2.52. The van der Waals surface area contributed by atoms with E-state index in [9.17, 15) is 0 Å². The Labute approximate surface area is 137 Å². The summed E-state index contributed by atoms with van der Waals surface area (Å²) in [6.45, 7) is 8.81. The summed E-state index contributed by atoms with van der Waals surface area (Å²) in [6, 6.07) is 14.0. The molecule has 0 unspecified atom stereocenters. The van der Waals surface area contributed by atoms with E-state index in [4.69, 9.17) is 9.31 Å². The summed E-state index contributed by atoms with van der Waals surface area (Å²) in [7, 11) is -0.476. The average molecular weight is 311 g/mol. The highest BCUT2D eigenvalue weighted by atomic mass is 16.7. The van der Waals surface area contributed by atoms with E-state index in [1.165, 1.54) is 5.56 Å². The molecule has 6 heteroatoms. The Morgan fingerprint density at radius 2 is 1.57 bits per heavy atom. The fourth-order valence-electron chi connectivity index (χ4n) is 2.31. The normalized spacial score (nSPS) is 18.9. The second-order valence-electron chi connectivity index (χ2n) is 6.77. The smallest absolute Gasteiger partial charge is 0.398 e. The predicted molar refractivity (Wildman–Crippen MR) is 91.5 cm³/mol. The number of anilines is 1. The Kier molecular flexibility index (Phi) is 4.12. The third-order valence-electron chi connectivity index (χ3n) is 4.50. The molecule has 5 nitrogen and oxygen atoms in total. The zero-order valence-electron chi connectivity index (χ0n) is 14.0. The molecule has 2 heterocycles. The molecule has 1 fully saturated rings. The van der Waals surface area contributed by atoms with Gasteiger partial charge in [-0.2, -0.15) is 5.10 Å². The predicted octanol–water partition coefficient (Wildman–Crippen LogP) is 2.39. The molecule has 0 bridgehead atoms. The maximum atomic E-state index is 5.97. The highest BCUT2D eigenvalue weighted by molar-refractivity contribution is 6.61. The van der Waals surface area contributed by atoms with Crippen molar-refractivity contribution < 1.29 is 9.31 Å². The average Bonchev–Trinajstić information content (AvgIpc) is 2.75. The molecule has 1 aromatic carbocycles. The van der Waals surface area contributed by atoms with Crippen molar-refractivity contribution in [3.8, 4) is 0 Å². The summed E-state index contributed by atoms with van der Waals surface area (Å²) < 4.78 is 11.9. The topological polar surface area (TPSA) is 56.3 Å². The zero-order valence-corrected chi connectivity index (χ0v) is 14.0. The maximum Gasteiger partial charge on any atom is 0.516 e. The maximum absolute atomic E-state index is 5.97. The van der Waals surface area contributed by atoms with Crippen LogP contribution < -0.4 is 10.9 Å². The minimum absolute atomic E-state index is 0.371. The molecule has 0 atom stereocenters. The first-order valence-electron chi connectivity index (χ1n) is 7.84. The van der Waals surface area contributed by atoms with Crippen molar-refractivity contribution >= 4 is 18.5 Å². The van der Waals surface area contributed by atoms with Crippen LogP contribution in [0.25, 0.3) is 0 Å². The highest BCUT2D eigenvalue weighted by Crippen LogP contribution is 2.36. The first-order chi connectivity index (χ1) is 10.9. The number of benzene rings is 1. The summed E-state index contributed by atoms with van der Waals surface area (Å²) in [5.74, 6) is 0.731. The SMILES string of the molecule is CC1(C)OB(c2ccc(NCc3ccccc3)nn2)OC1(C)C. The van der Waals surface area contributed by atoms with Gasteiger partial charge in [0.25, 0.3) is 0 Å². The van der Waals surface area contributed by atoms with Crippen molar-refractivity contribution in [2.75, 3.05) is 5.32 Å². The summed E-state index contributed by atoms with van der Waals surface area (Å²) in [4.78, 5) is 0. The van der Waals surface area contributed by atoms with E-state index in [1.807, 2.05) is 58.0 Å². The third kappa shape index (κ3) is 3.38. The molecule has 2 aromatic rings. The molecule has 1 saturated heterocycles. The number of aromatic nitrogens is 2. The Hall–Kier alpha value is -1.92. The van der Waals surface area contributed by atoms with Gasteiger partial charge in [0.05, 0.1) is 16.8 Å². The van der Waals surface area contributed by atoms with E-state index in [0.717, 1.165) is 5.82 Å². The van der Waals surface area contributed by atoms with Crippen molar-refractivity contribution in [1.29, 1.82) is 0 Å². The van der Waals surface area contributed by atoms with Crippen LogP contribution in [0.4, 0.5) is 5.82 Å². The second-order valence-corrected chi connectivity index (χ2v) is 6.77. The lowest BCUT2D eigenvalue weighted by Crippen LogP contribution is -2.41. The van der Waals surface area contributed by atoms with Crippen LogP contribution in [-0.4, -0.2) is 28.5 Å². The summed E-state index contributed by atoms with van der Waals surface area (Å²) in [5, 5.41) is 11.7. The van der Waals surface area contributed by atoms with E-state index in [2.05, 4.69) is 27.6 Å². The molecule has 3 rings (SSSR count). The molecular weight excluding hydrogens is 289 g/mol. The summed E-state index contributed by atoms with van der Waals surface area (Å²) >= 11 is 0. The molecule has 23 heavy (non-hydrogen) atoms. The van der Waals surface area contributed by atoms with Gasteiger partial charge in [-0.25, -0.2) is 0 Å². The van der Waals surface area contributed by atoms with E-state index in [1.54, 1.807) is 0 Å². The van der Waals surface area contributed by atoms with Crippen LogP contribution in [0.1, 0.15) is 33.3 Å². The van der Waals surface area contributed by atoms with Gasteiger partial charge in [-0.3, -0.25) is 0 Å². The van der Waals surface area contributed by atoms with Crippen molar-refractivity contribution in [2.45, 2.75) is 45.4 Å². The van der Waals surface area contributed by atoms with E-state index in [-0.39, 0.29) is 11.2 Å². The van der Waals surface area contributed by atoms with Gasteiger partial charge in [-0.05, 0) is 45.4 Å². The zero-order chi connectivity index (χ0) is 16.5. The van der Waals surface area contributed by atoms with Crippen LogP contribution in [0.3, 0.4) is 0 Å². The Balaban J connectivity index is 1.64. The van der Waals surface area contributed by atoms with Crippen molar-refractivity contribution in [2.24, 2.45) is 0 Å². The number of hydrogen-bond donors (Lipinski definition) is 1. The van der Waals surface area contributed by atoms with Gasteiger partial charge in [0.15, 0.2) is 0 Å². The van der Waals surface area contributed by atoms with E-state index < -0.39 is 7.12 Å². The van der Waals surface area contributed by atoms with Gasteiger partial charge in [0.1, 0.15) is 5.82 Å². The van der Waals surface area contributed by atoms with Crippen LogP contribution in [0.15, 0.2) is 42.5 Å². The van der Waals surface area contributed by atoms with Gasteiger partial charge in [-0.1, -0.05) is 30.3 Å². The molecule has 0 radical (unpaired) electrons. The minimum atomic E-state index is -0.476. The van der Waals surface area contributed by atoms with Gasteiger partial charge in [0.2, 0.25) is 0 Å². The van der Waals surface area contributed by atoms with Gasteiger partial charge < -0.3 is 14.6 Å².